The summed E-state index contributed by atoms with van der Waals surface area (Å²) in [4.78, 5) is 0. The van der Waals surface area contributed by atoms with Gasteiger partial charge in [0.1, 0.15) is 0 Å². The zero-order valence-electron chi connectivity index (χ0n) is 17.1. The van der Waals surface area contributed by atoms with E-state index in [2.05, 4.69) is 41.0 Å². The lowest BCUT2D eigenvalue weighted by Crippen LogP contribution is -2.40. The molecule has 0 amide bonds. The van der Waals surface area contributed by atoms with Crippen molar-refractivity contribution in [2.45, 2.75) is 104 Å². The molecule has 2 heteroatoms. The smallest absolute Gasteiger partial charge is 0.0705 e. The zero-order chi connectivity index (χ0) is 17.6. The molecular weight excluding hydrogens is 299 g/mol. The molecule has 140 valence electrons. The number of hydrogen-bond acceptors (Lipinski definition) is 1. The third-order valence-corrected chi connectivity index (χ3v) is 6.65. The van der Waals surface area contributed by atoms with Crippen molar-refractivity contribution < 1.29 is 4.74 Å². The van der Waals surface area contributed by atoms with Crippen molar-refractivity contribution in [3.8, 4) is 0 Å². The fourth-order valence-electron chi connectivity index (χ4n) is 3.93. The van der Waals surface area contributed by atoms with Crippen LogP contribution in [0.3, 0.4) is 0 Å². The van der Waals surface area contributed by atoms with E-state index in [9.17, 15) is 0 Å². The summed E-state index contributed by atoms with van der Waals surface area (Å²) >= 11 is 0. The molecule has 0 saturated carbocycles. The van der Waals surface area contributed by atoms with Crippen molar-refractivity contribution in [3.05, 3.63) is 0 Å². The quantitative estimate of drug-likeness (QED) is 0.208. The fourth-order valence-corrected chi connectivity index (χ4v) is 4.75. The molecule has 1 atom stereocenters. The van der Waals surface area contributed by atoms with Crippen LogP contribution in [0.1, 0.15) is 98.3 Å². The van der Waals surface area contributed by atoms with Gasteiger partial charge in [-0.25, -0.2) is 0 Å². The van der Waals surface area contributed by atoms with Crippen molar-refractivity contribution in [3.63, 3.8) is 0 Å². The summed E-state index contributed by atoms with van der Waals surface area (Å²) in [5, 5.41) is 0. The van der Waals surface area contributed by atoms with Crippen LogP contribution in [-0.2, 0) is 4.74 Å². The minimum Gasteiger partial charge on any atom is -0.375 e. The lowest BCUT2D eigenvalue weighted by Gasteiger charge is -2.40. The van der Waals surface area contributed by atoms with Gasteiger partial charge in [0.2, 0.25) is 0 Å². The molecule has 0 aromatic rings. The van der Waals surface area contributed by atoms with E-state index in [4.69, 9.17) is 4.74 Å². The summed E-state index contributed by atoms with van der Waals surface area (Å²) < 4.78 is 6.35. The van der Waals surface area contributed by atoms with Gasteiger partial charge in [-0.3, -0.25) is 0 Å². The molecule has 0 aliphatic rings. The van der Waals surface area contributed by atoms with E-state index >= 15 is 0 Å². The molecule has 0 radical (unpaired) electrons. The highest BCUT2D eigenvalue weighted by atomic mass is 31.1. The van der Waals surface area contributed by atoms with Crippen LogP contribution in [0.5, 0.6) is 0 Å². The second-order valence-electron chi connectivity index (χ2n) is 7.40. The second kappa shape index (κ2) is 14.7. The van der Waals surface area contributed by atoms with Gasteiger partial charge in [0, 0.05) is 6.61 Å². The van der Waals surface area contributed by atoms with Gasteiger partial charge in [0.15, 0.2) is 0 Å². The molecule has 0 aliphatic heterocycles. The molecule has 0 rings (SSSR count). The summed E-state index contributed by atoms with van der Waals surface area (Å²) in [5.74, 6) is 0.763. The zero-order valence-corrected chi connectivity index (χ0v) is 18.0. The van der Waals surface area contributed by atoms with E-state index in [0.717, 1.165) is 12.5 Å². The first-order chi connectivity index (χ1) is 11.1. The van der Waals surface area contributed by atoms with E-state index in [0.29, 0.717) is 0 Å². The average Bonchev–Trinajstić information content (AvgIpc) is 2.54. The summed E-state index contributed by atoms with van der Waals surface area (Å²) in [5.41, 5.74) is 0.141. The Morgan fingerprint density at radius 2 is 1.35 bits per heavy atom. The van der Waals surface area contributed by atoms with Crippen molar-refractivity contribution in [2.75, 3.05) is 26.1 Å². The summed E-state index contributed by atoms with van der Waals surface area (Å²) in [7, 11) is 0.253. The molecule has 0 heterocycles. The molecule has 0 saturated heterocycles. The number of rotatable bonds is 16. The van der Waals surface area contributed by atoms with Crippen LogP contribution >= 0.6 is 7.92 Å². The normalized spacial score (nSPS) is 13.7. The lowest BCUT2D eigenvalue weighted by atomic mass is 9.77. The summed E-state index contributed by atoms with van der Waals surface area (Å²) in [6.07, 6.45) is 16.3. The van der Waals surface area contributed by atoms with Crippen LogP contribution in [0.2, 0.25) is 0 Å². The van der Waals surface area contributed by atoms with Crippen LogP contribution in [0.15, 0.2) is 0 Å². The third-order valence-electron chi connectivity index (χ3n) is 5.44. The Labute approximate surface area is 149 Å². The molecule has 0 aliphatic carbocycles. The predicted molar refractivity (Wildman–Crippen MR) is 109 cm³/mol. The maximum Gasteiger partial charge on any atom is 0.0705 e. The first-order valence-corrected chi connectivity index (χ1v) is 12.8. The van der Waals surface area contributed by atoms with Gasteiger partial charge in [0.25, 0.3) is 0 Å². The van der Waals surface area contributed by atoms with Crippen LogP contribution in [0.25, 0.3) is 0 Å². The Kier molecular flexibility index (Phi) is 15.0. The highest BCUT2D eigenvalue weighted by Gasteiger charge is 2.35. The van der Waals surface area contributed by atoms with Crippen LogP contribution < -0.4 is 0 Å². The predicted octanol–water partition coefficient (Wildman–Crippen LogP) is 7.47. The van der Waals surface area contributed by atoms with Gasteiger partial charge in [-0.05, 0) is 64.4 Å². The van der Waals surface area contributed by atoms with Crippen molar-refractivity contribution in [1.29, 1.82) is 0 Å². The van der Waals surface area contributed by atoms with Crippen molar-refractivity contribution >= 4 is 7.92 Å². The van der Waals surface area contributed by atoms with E-state index in [1.807, 2.05) is 0 Å². The van der Waals surface area contributed by atoms with Crippen LogP contribution in [0, 0.1) is 5.92 Å². The Balaban J connectivity index is 4.52. The van der Waals surface area contributed by atoms with E-state index in [-0.39, 0.29) is 13.5 Å². The molecule has 0 bridgehead atoms. The van der Waals surface area contributed by atoms with Gasteiger partial charge < -0.3 is 4.74 Å². The van der Waals surface area contributed by atoms with Gasteiger partial charge in [-0.2, -0.15) is 0 Å². The average molecular weight is 345 g/mol. The monoisotopic (exact) mass is 344 g/mol. The SMILES string of the molecule is CCCCCCCCC(CCCP(C)C)C(CC)(CC)OCC. The Morgan fingerprint density at radius 1 is 0.783 bits per heavy atom. The molecule has 1 unspecified atom stereocenters. The first-order valence-electron chi connectivity index (χ1n) is 10.3. The lowest BCUT2D eigenvalue weighted by molar-refractivity contribution is -0.0932. The van der Waals surface area contributed by atoms with E-state index in [1.165, 1.54) is 76.8 Å². The van der Waals surface area contributed by atoms with E-state index in [1.54, 1.807) is 0 Å². The molecule has 0 spiro atoms. The molecule has 23 heavy (non-hydrogen) atoms. The molecule has 0 N–H and O–H groups in total. The Hall–Kier alpha value is 0.390. The van der Waals surface area contributed by atoms with Crippen molar-refractivity contribution in [1.82, 2.24) is 0 Å². The topological polar surface area (TPSA) is 9.23 Å². The largest absolute Gasteiger partial charge is 0.375 e. The standard InChI is InChI=1S/C21H45OP/c1-7-11-12-13-14-15-17-20(18-16-19-23(5)6)21(8-2,9-3)22-10-4/h20H,7-19H2,1-6H3. The van der Waals surface area contributed by atoms with Gasteiger partial charge >= 0.3 is 0 Å². The third kappa shape index (κ3) is 10.1. The molecule has 0 aromatic heterocycles. The van der Waals surface area contributed by atoms with Gasteiger partial charge in [-0.1, -0.05) is 59.3 Å². The fraction of sp³-hybridized carbons (Fsp3) is 1.00. The maximum atomic E-state index is 6.35. The molecule has 0 aromatic carbocycles. The summed E-state index contributed by atoms with van der Waals surface area (Å²) in [6, 6.07) is 0. The highest BCUT2D eigenvalue weighted by molar-refractivity contribution is 7.55. The first kappa shape index (κ1) is 23.4. The van der Waals surface area contributed by atoms with Gasteiger partial charge in [-0.15, -0.1) is 7.92 Å². The van der Waals surface area contributed by atoms with Crippen LogP contribution in [0.4, 0.5) is 0 Å². The number of hydrogen-bond donors (Lipinski definition) is 0. The Bertz CT molecular complexity index is 248. The second-order valence-corrected chi connectivity index (χ2v) is 10.0. The minimum atomic E-state index is 0.141. The number of ether oxygens (including phenoxy) is 1. The van der Waals surface area contributed by atoms with Gasteiger partial charge in [0.05, 0.1) is 5.60 Å². The molecule has 0 fully saturated rings. The maximum absolute atomic E-state index is 6.35. The highest BCUT2D eigenvalue weighted by Crippen LogP contribution is 2.38. The summed E-state index contributed by atoms with van der Waals surface area (Å²) in [6.45, 7) is 14.8. The van der Waals surface area contributed by atoms with Crippen LogP contribution in [-0.4, -0.2) is 31.7 Å². The van der Waals surface area contributed by atoms with E-state index < -0.39 is 0 Å². The molecular formula is C21H45OP. The minimum absolute atomic E-state index is 0.141. The van der Waals surface area contributed by atoms with Crippen molar-refractivity contribution in [2.24, 2.45) is 5.92 Å². The number of unbranched alkanes of at least 4 members (excludes halogenated alkanes) is 5. The molecule has 1 nitrogen and oxygen atoms in total. The Morgan fingerprint density at radius 3 is 1.87 bits per heavy atom.